The van der Waals surface area contributed by atoms with Crippen LogP contribution >= 0.6 is 0 Å². The maximum Gasteiger partial charge on any atom is 0.127 e. The van der Waals surface area contributed by atoms with E-state index in [-0.39, 0.29) is 6.61 Å². The van der Waals surface area contributed by atoms with Gasteiger partial charge in [0.15, 0.2) is 0 Å². The molecule has 0 atom stereocenters. The fourth-order valence-corrected chi connectivity index (χ4v) is 6.48. The molecule has 4 bridgehead atoms. The Hall–Kier alpha value is -0.160. The first-order valence-corrected chi connectivity index (χ1v) is 9.70. The Labute approximate surface area is 134 Å². The van der Waals surface area contributed by atoms with Gasteiger partial charge in [-0.05, 0) is 43.9 Å². The van der Waals surface area contributed by atoms with Crippen molar-refractivity contribution < 1.29 is 19.6 Å². The molecule has 4 heteroatoms. The molecule has 1 saturated heterocycles. The molecule has 5 fully saturated rings. The third kappa shape index (κ3) is 3.08. The molecule has 126 valence electrons. The van der Waals surface area contributed by atoms with E-state index in [9.17, 15) is 0 Å². The SMILES string of the molecule is OCCOCC[NH+]1CC[NH+](C2C3CC4CC(C3)CC2C4)CC1. The minimum atomic E-state index is 0.152. The maximum absolute atomic E-state index is 8.75. The maximum atomic E-state index is 8.75. The van der Waals surface area contributed by atoms with Gasteiger partial charge in [-0.1, -0.05) is 0 Å². The summed E-state index contributed by atoms with van der Waals surface area (Å²) in [5, 5.41) is 8.75. The van der Waals surface area contributed by atoms with E-state index in [4.69, 9.17) is 9.84 Å². The van der Waals surface area contributed by atoms with Crippen LogP contribution in [0.25, 0.3) is 0 Å². The Balaban J connectivity index is 1.25. The summed E-state index contributed by atoms with van der Waals surface area (Å²) in [4.78, 5) is 3.67. The van der Waals surface area contributed by atoms with Crippen LogP contribution in [-0.2, 0) is 4.74 Å². The zero-order chi connectivity index (χ0) is 14.9. The molecule has 0 aromatic carbocycles. The van der Waals surface area contributed by atoms with E-state index in [2.05, 4.69) is 0 Å². The van der Waals surface area contributed by atoms with Gasteiger partial charge in [0.05, 0.1) is 25.9 Å². The summed E-state index contributed by atoms with van der Waals surface area (Å²) in [6.45, 7) is 7.97. The highest BCUT2D eigenvalue weighted by atomic mass is 16.5. The van der Waals surface area contributed by atoms with Crippen molar-refractivity contribution in [2.45, 2.75) is 38.1 Å². The van der Waals surface area contributed by atoms with Crippen LogP contribution in [0.3, 0.4) is 0 Å². The van der Waals surface area contributed by atoms with E-state index in [0.717, 1.165) is 42.9 Å². The van der Waals surface area contributed by atoms with Crippen LogP contribution in [0.2, 0.25) is 0 Å². The van der Waals surface area contributed by atoms with Gasteiger partial charge in [-0.3, -0.25) is 0 Å². The number of piperazine rings is 1. The smallest absolute Gasteiger partial charge is 0.127 e. The lowest BCUT2D eigenvalue weighted by molar-refractivity contribution is -1.03. The summed E-state index contributed by atoms with van der Waals surface area (Å²) < 4.78 is 5.43. The number of rotatable bonds is 6. The summed E-state index contributed by atoms with van der Waals surface area (Å²) in [6, 6.07) is 1.01. The van der Waals surface area contributed by atoms with Gasteiger partial charge < -0.3 is 19.6 Å². The molecule has 1 heterocycles. The average molecular weight is 310 g/mol. The van der Waals surface area contributed by atoms with Crippen molar-refractivity contribution in [1.29, 1.82) is 0 Å². The van der Waals surface area contributed by atoms with E-state index in [1.165, 1.54) is 26.2 Å². The Morgan fingerprint density at radius 1 is 0.818 bits per heavy atom. The highest BCUT2D eigenvalue weighted by Crippen LogP contribution is 2.52. The Morgan fingerprint density at radius 2 is 1.45 bits per heavy atom. The zero-order valence-corrected chi connectivity index (χ0v) is 13.9. The first-order valence-electron chi connectivity index (χ1n) is 9.70. The van der Waals surface area contributed by atoms with Gasteiger partial charge in [0, 0.05) is 11.8 Å². The highest BCUT2D eigenvalue weighted by molar-refractivity contribution is 4.98. The van der Waals surface area contributed by atoms with Crippen molar-refractivity contribution in [1.82, 2.24) is 0 Å². The lowest BCUT2D eigenvalue weighted by atomic mass is 9.54. The summed E-state index contributed by atoms with van der Waals surface area (Å²) in [7, 11) is 0. The van der Waals surface area contributed by atoms with Crippen molar-refractivity contribution >= 4 is 0 Å². The zero-order valence-electron chi connectivity index (χ0n) is 13.9. The first-order chi connectivity index (χ1) is 10.8. The molecule has 4 saturated carbocycles. The van der Waals surface area contributed by atoms with E-state index in [1.54, 1.807) is 37.0 Å². The number of aliphatic hydroxyl groups excluding tert-OH is 1. The van der Waals surface area contributed by atoms with Crippen LogP contribution in [0, 0.1) is 23.7 Å². The average Bonchev–Trinajstić information content (AvgIpc) is 2.52. The largest absolute Gasteiger partial charge is 0.394 e. The minimum Gasteiger partial charge on any atom is -0.394 e. The van der Waals surface area contributed by atoms with Crippen molar-refractivity contribution in [3.63, 3.8) is 0 Å². The second-order valence-corrected chi connectivity index (χ2v) is 8.45. The van der Waals surface area contributed by atoms with E-state index in [0.29, 0.717) is 6.61 Å². The van der Waals surface area contributed by atoms with Gasteiger partial charge in [0.2, 0.25) is 0 Å². The Kier molecular flexibility index (Phi) is 4.72. The fourth-order valence-electron chi connectivity index (χ4n) is 6.48. The topological polar surface area (TPSA) is 38.3 Å². The van der Waals surface area contributed by atoms with Gasteiger partial charge in [0.1, 0.15) is 32.7 Å². The summed E-state index contributed by atoms with van der Waals surface area (Å²) in [5.74, 6) is 4.35. The molecule has 4 nitrogen and oxygen atoms in total. The molecule has 1 aliphatic heterocycles. The van der Waals surface area contributed by atoms with E-state index < -0.39 is 0 Å². The van der Waals surface area contributed by atoms with Crippen LogP contribution in [0.5, 0.6) is 0 Å². The molecule has 22 heavy (non-hydrogen) atoms. The van der Waals surface area contributed by atoms with Gasteiger partial charge in [-0.2, -0.15) is 0 Å². The normalized spacial score (nSPS) is 47.0. The molecule has 5 rings (SSSR count). The third-order valence-corrected chi connectivity index (χ3v) is 7.13. The lowest BCUT2D eigenvalue weighted by Crippen LogP contribution is -3.30. The first kappa shape index (κ1) is 15.4. The van der Waals surface area contributed by atoms with Crippen LogP contribution in [0.1, 0.15) is 32.1 Å². The molecule has 0 amide bonds. The lowest BCUT2D eigenvalue weighted by Gasteiger charge is -2.55. The molecular weight excluding hydrogens is 276 g/mol. The molecule has 0 unspecified atom stereocenters. The standard InChI is InChI=1S/C18H32N2O2/c21-6-8-22-7-5-19-1-3-20(4-2-19)18-16-10-14-9-15(12-16)13-17(18)11-14/h14-18,21H,1-13H2/p+2. The second kappa shape index (κ2) is 6.76. The monoisotopic (exact) mass is 310 g/mol. The fraction of sp³-hybridized carbons (Fsp3) is 1.00. The van der Waals surface area contributed by atoms with Gasteiger partial charge in [-0.15, -0.1) is 0 Å². The van der Waals surface area contributed by atoms with Crippen molar-refractivity contribution in [2.75, 3.05) is 52.5 Å². The number of hydrogen-bond donors (Lipinski definition) is 3. The molecule has 3 N–H and O–H groups in total. The predicted molar refractivity (Wildman–Crippen MR) is 85.0 cm³/mol. The van der Waals surface area contributed by atoms with Gasteiger partial charge in [0.25, 0.3) is 0 Å². The molecule has 0 radical (unpaired) electrons. The molecule has 4 aliphatic carbocycles. The van der Waals surface area contributed by atoms with Crippen molar-refractivity contribution in [3.05, 3.63) is 0 Å². The van der Waals surface area contributed by atoms with Gasteiger partial charge in [-0.25, -0.2) is 0 Å². The predicted octanol–water partition coefficient (Wildman–Crippen LogP) is -1.40. The molecule has 0 aromatic rings. The minimum absolute atomic E-state index is 0.152. The Bertz CT molecular complexity index is 340. The molecular formula is C18H34N2O2+2. The molecule has 0 aromatic heterocycles. The second-order valence-electron chi connectivity index (χ2n) is 8.45. The quantitative estimate of drug-likeness (QED) is 0.528. The summed E-state index contributed by atoms with van der Waals surface area (Å²) >= 11 is 0. The summed E-state index contributed by atoms with van der Waals surface area (Å²) in [5.41, 5.74) is 0. The van der Waals surface area contributed by atoms with Crippen molar-refractivity contribution in [3.8, 4) is 0 Å². The third-order valence-electron chi connectivity index (χ3n) is 7.13. The van der Waals surface area contributed by atoms with Crippen LogP contribution in [0.15, 0.2) is 0 Å². The number of hydrogen-bond acceptors (Lipinski definition) is 2. The highest BCUT2D eigenvalue weighted by Gasteiger charge is 2.52. The number of nitrogens with one attached hydrogen (secondary N) is 2. The van der Waals surface area contributed by atoms with Crippen LogP contribution in [-0.4, -0.2) is 63.7 Å². The van der Waals surface area contributed by atoms with E-state index >= 15 is 0 Å². The van der Waals surface area contributed by atoms with E-state index in [1.807, 2.05) is 4.90 Å². The Morgan fingerprint density at radius 3 is 2.05 bits per heavy atom. The van der Waals surface area contributed by atoms with Crippen LogP contribution in [0.4, 0.5) is 0 Å². The molecule has 5 aliphatic rings. The molecule has 0 spiro atoms. The van der Waals surface area contributed by atoms with Crippen molar-refractivity contribution in [2.24, 2.45) is 23.7 Å². The number of quaternary nitrogens is 2. The van der Waals surface area contributed by atoms with Gasteiger partial charge >= 0.3 is 0 Å². The van der Waals surface area contributed by atoms with Crippen LogP contribution < -0.4 is 9.80 Å². The number of ether oxygens (including phenoxy) is 1. The number of aliphatic hydroxyl groups is 1. The summed E-state index contributed by atoms with van der Waals surface area (Å²) in [6.07, 6.45) is 7.82.